The summed E-state index contributed by atoms with van der Waals surface area (Å²) in [6.07, 6.45) is 2.50. The molecule has 0 bridgehead atoms. The molecule has 0 N–H and O–H groups in total. The van der Waals surface area contributed by atoms with Gasteiger partial charge in [0.05, 0.1) is 0 Å². The SMILES string of the molecule is C.CCC(C)Cc1ccccc1C. The largest absolute Gasteiger partial charge is 0.0776 e. The van der Waals surface area contributed by atoms with E-state index in [4.69, 9.17) is 0 Å². The fraction of sp³-hybridized carbons (Fsp3) is 0.538. The van der Waals surface area contributed by atoms with Crippen LogP contribution >= 0.6 is 0 Å². The maximum absolute atomic E-state index is 2.31. The zero-order valence-electron chi connectivity index (χ0n) is 8.30. The predicted octanol–water partition coefficient (Wildman–Crippen LogP) is 4.22. The first-order valence-electron chi connectivity index (χ1n) is 4.78. The topological polar surface area (TPSA) is 0 Å². The Kier molecular flexibility index (Phi) is 5.45. The van der Waals surface area contributed by atoms with Crippen molar-refractivity contribution in [1.29, 1.82) is 0 Å². The summed E-state index contributed by atoms with van der Waals surface area (Å²) in [6, 6.07) is 8.67. The van der Waals surface area contributed by atoms with Crippen LogP contribution in [0.4, 0.5) is 0 Å². The molecule has 0 radical (unpaired) electrons. The lowest BCUT2D eigenvalue weighted by atomic mass is 9.96. The molecule has 0 fully saturated rings. The Bertz CT molecular complexity index is 238. The second kappa shape index (κ2) is 5.80. The Balaban J connectivity index is 0.00000144. The van der Waals surface area contributed by atoms with Crippen molar-refractivity contribution in [3.8, 4) is 0 Å². The van der Waals surface area contributed by atoms with Crippen LogP contribution in [-0.2, 0) is 6.42 Å². The lowest BCUT2D eigenvalue weighted by molar-refractivity contribution is 0.559. The third kappa shape index (κ3) is 3.63. The van der Waals surface area contributed by atoms with E-state index in [9.17, 15) is 0 Å². The van der Waals surface area contributed by atoms with E-state index in [0.29, 0.717) is 0 Å². The van der Waals surface area contributed by atoms with Crippen LogP contribution in [0.1, 0.15) is 38.8 Å². The highest BCUT2D eigenvalue weighted by Gasteiger charge is 2.02. The van der Waals surface area contributed by atoms with Gasteiger partial charge in [-0.15, -0.1) is 0 Å². The number of rotatable bonds is 3. The summed E-state index contributed by atoms with van der Waals surface area (Å²) in [5.41, 5.74) is 2.93. The van der Waals surface area contributed by atoms with Crippen molar-refractivity contribution in [1.82, 2.24) is 0 Å². The van der Waals surface area contributed by atoms with Gasteiger partial charge in [0.1, 0.15) is 0 Å². The second-order valence-electron chi connectivity index (χ2n) is 3.64. The van der Waals surface area contributed by atoms with E-state index in [2.05, 4.69) is 45.0 Å². The van der Waals surface area contributed by atoms with Crippen LogP contribution < -0.4 is 0 Å². The first-order chi connectivity index (χ1) is 5.74. The molecule has 1 aromatic carbocycles. The highest BCUT2D eigenvalue weighted by atomic mass is 14.1. The van der Waals surface area contributed by atoms with E-state index < -0.39 is 0 Å². The molecule has 13 heavy (non-hydrogen) atoms. The molecule has 74 valence electrons. The van der Waals surface area contributed by atoms with Crippen LogP contribution in [-0.4, -0.2) is 0 Å². The molecule has 0 spiro atoms. The van der Waals surface area contributed by atoms with Crippen molar-refractivity contribution >= 4 is 0 Å². The van der Waals surface area contributed by atoms with Crippen LogP contribution in [0.15, 0.2) is 24.3 Å². The van der Waals surface area contributed by atoms with Gasteiger partial charge in [0.2, 0.25) is 0 Å². The normalized spacial score (nSPS) is 11.9. The van der Waals surface area contributed by atoms with E-state index in [1.54, 1.807) is 0 Å². The Morgan fingerprint density at radius 1 is 1.23 bits per heavy atom. The van der Waals surface area contributed by atoms with E-state index in [1.807, 2.05) is 0 Å². The van der Waals surface area contributed by atoms with Crippen LogP contribution in [0.2, 0.25) is 0 Å². The summed E-state index contributed by atoms with van der Waals surface area (Å²) in [6.45, 7) is 6.76. The summed E-state index contributed by atoms with van der Waals surface area (Å²) in [4.78, 5) is 0. The molecule has 0 heterocycles. The maximum atomic E-state index is 2.31. The zero-order valence-corrected chi connectivity index (χ0v) is 8.30. The molecule has 0 aliphatic rings. The van der Waals surface area contributed by atoms with Crippen LogP contribution in [0.3, 0.4) is 0 Å². The van der Waals surface area contributed by atoms with Gasteiger partial charge in [-0.25, -0.2) is 0 Å². The average molecular weight is 178 g/mol. The lowest BCUT2D eigenvalue weighted by Crippen LogP contribution is -1.99. The Labute approximate surface area is 83.0 Å². The minimum absolute atomic E-state index is 0. The highest BCUT2D eigenvalue weighted by Crippen LogP contribution is 2.14. The molecule has 0 aliphatic carbocycles. The molecule has 0 aromatic heterocycles. The molecule has 0 aliphatic heterocycles. The third-order valence-corrected chi connectivity index (χ3v) is 2.53. The molecule has 0 nitrogen and oxygen atoms in total. The monoisotopic (exact) mass is 178 g/mol. The Hall–Kier alpha value is -0.780. The van der Waals surface area contributed by atoms with Crippen molar-refractivity contribution in [3.63, 3.8) is 0 Å². The maximum Gasteiger partial charge on any atom is -0.0250 e. The number of hydrogen-bond acceptors (Lipinski definition) is 0. The van der Waals surface area contributed by atoms with Gasteiger partial charge in [-0.2, -0.15) is 0 Å². The molecule has 1 atom stereocenters. The van der Waals surface area contributed by atoms with Gasteiger partial charge < -0.3 is 0 Å². The van der Waals surface area contributed by atoms with E-state index in [-0.39, 0.29) is 7.43 Å². The van der Waals surface area contributed by atoms with Gasteiger partial charge >= 0.3 is 0 Å². The zero-order chi connectivity index (χ0) is 8.97. The molecular weight excluding hydrogens is 156 g/mol. The molecular formula is C13H22. The molecule has 1 aromatic rings. The van der Waals surface area contributed by atoms with Crippen molar-refractivity contribution in [2.24, 2.45) is 5.92 Å². The third-order valence-electron chi connectivity index (χ3n) is 2.53. The van der Waals surface area contributed by atoms with Crippen LogP contribution in [0.25, 0.3) is 0 Å². The highest BCUT2D eigenvalue weighted by molar-refractivity contribution is 5.25. The van der Waals surface area contributed by atoms with E-state index in [1.165, 1.54) is 24.0 Å². The summed E-state index contributed by atoms with van der Waals surface area (Å²) in [5.74, 6) is 0.811. The predicted molar refractivity (Wildman–Crippen MR) is 61.1 cm³/mol. The van der Waals surface area contributed by atoms with Crippen molar-refractivity contribution < 1.29 is 0 Å². The summed E-state index contributed by atoms with van der Waals surface area (Å²) >= 11 is 0. The smallest absolute Gasteiger partial charge is 0.0250 e. The van der Waals surface area contributed by atoms with Crippen molar-refractivity contribution in [3.05, 3.63) is 35.4 Å². The Morgan fingerprint density at radius 2 is 1.85 bits per heavy atom. The van der Waals surface area contributed by atoms with Crippen LogP contribution in [0, 0.1) is 12.8 Å². The molecule has 0 saturated carbocycles. The van der Waals surface area contributed by atoms with Gasteiger partial charge in [-0.05, 0) is 30.4 Å². The Morgan fingerprint density at radius 3 is 2.38 bits per heavy atom. The van der Waals surface area contributed by atoms with Crippen molar-refractivity contribution in [2.45, 2.75) is 41.0 Å². The fourth-order valence-electron chi connectivity index (χ4n) is 1.36. The quantitative estimate of drug-likeness (QED) is 0.650. The van der Waals surface area contributed by atoms with Gasteiger partial charge in [0.15, 0.2) is 0 Å². The number of benzene rings is 1. The average Bonchev–Trinajstić information content (AvgIpc) is 2.09. The number of hydrogen-bond donors (Lipinski definition) is 0. The van der Waals surface area contributed by atoms with Gasteiger partial charge in [0, 0.05) is 0 Å². The van der Waals surface area contributed by atoms with E-state index in [0.717, 1.165) is 5.92 Å². The first kappa shape index (κ1) is 12.2. The molecule has 0 saturated heterocycles. The first-order valence-corrected chi connectivity index (χ1v) is 4.78. The minimum atomic E-state index is 0. The molecule has 0 heteroatoms. The molecule has 0 amide bonds. The van der Waals surface area contributed by atoms with Gasteiger partial charge in [0.25, 0.3) is 0 Å². The standard InChI is InChI=1S/C12H18.CH4/c1-4-10(2)9-12-8-6-5-7-11(12)3;/h5-8,10H,4,9H2,1-3H3;1H4. The van der Waals surface area contributed by atoms with E-state index >= 15 is 0 Å². The minimum Gasteiger partial charge on any atom is -0.0776 e. The lowest BCUT2D eigenvalue weighted by Gasteiger charge is -2.10. The van der Waals surface area contributed by atoms with Crippen LogP contribution in [0.5, 0.6) is 0 Å². The number of aryl methyl sites for hydroxylation is 1. The van der Waals surface area contributed by atoms with Gasteiger partial charge in [-0.1, -0.05) is 52.0 Å². The molecule has 1 rings (SSSR count). The summed E-state index contributed by atoms with van der Waals surface area (Å²) in [7, 11) is 0. The summed E-state index contributed by atoms with van der Waals surface area (Å²) in [5, 5.41) is 0. The summed E-state index contributed by atoms with van der Waals surface area (Å²) < 4.78 is 0. The van der Waals surface area contributed by atoms with Gasteiger partial charge in [-0.3, -0.25) is 0 Å². The fourth-order valence-corrected chi connectivity index (χ4v) is 1.36. The van der Waals surface area contributed by atoms with Crippen molar-refractivity contribution in [2.75, 3.05) is 0 Å². The molecule has 1 unspecified atom stereocenters. The second-order valence-corrected chi connectivity index (χ2v) is 3.64.